The molecule has 0 saturated heterocycles. The van der Waals surface area contributed by atoms with Crippen LogP contribution in [0.25, 0.3) is 0 Å². The minimum absolute atomic E-state index is 0.0314. The van der Waals surface area contributed by atoms with Crippen LogP contribution in [0, 0.1) is 0 Å². The first-order chi connectivity index (χ1) is 9.99. The second-order valence-electron chi connectivity index (χ2n) is 5.03. The topological polar surface area (TPSA) is 43.9 Å². The third kappa shape index (κ3) is 5.19. The van der Waals surface area contributed by atoms with Gasteiger partial charge in [-0.2, -0.15) is 0 Å². The van der Waals surface area contributed by atoms with E-state index in [4.69, 9.17) is 0 Å². The van der Waals surface area contributed by atoms with Crippen molar-refractivity contribution in [2.75, 3.05) is 45.2 Å². The second kappa shape index (κ2) is 8.42. The van der Waals surface area contributed by atoms with Crippen molar-refractivity contribution < 1.29 is 9.59 Å². The third-order valence-corrected chi connectivity index (χ3v) is 3.44. The van der Waals surface area contributed by atoms with Crippen molar-refractivity contribution in [3.8, 4) is 0 Å². The average molecular weight is 291 g/mol. The lowest BCUT2D eigenvalue weighted by atomic mass is 10.3. The molecule has 0 fully saturated rings. The van der Waals surface area contributed by atoms with Crippen LogP contribution in [-0.2, 0) is 9.59 Å². The van der Waals surface area contributed by atoms with Gasteiger partial charge in [0.2, 0.25) is 11.8 Å². The van der Waals surface area contributed by atoms with E-state index in [0.29, 0.717) is 13.1 Å². The number of amides is 2. The first-order valence-electron chi connectivity index (χ1n) is 7.27. The number of hydrogen-bond donors (Lipinski definition) is 0. The number of para-hydroxylation sites is 1. The highest BCUT2D eigenvalue weighted by Gasteiger charge is 2.17. The maximum Gasteiger partial charge on any atom is 0.240 e. The highest BCUT2D eigenvalue weighted by molar-refractivity contribution is 5.94. The van der Waals surface area contributed by atoms with Gasteiger partial charge in [0.25, 0.3) is 0 Å². The van der Waals surface area contributed by atoms with E-state index in [1.807, 2.05) is 44.2 Å². The van der Waals surface area contributed by atoms with Crippen LogP contribution in [0.5, 0.6) is 0 Å². The van der Waals surface area contributed by atoms with Gasteiger partial charge >= 0.3 is 0 Å². The van der Waals surface area contributed by atoms with Gasteiger partial charge in [0.05, 0.1) is 13.1 Å². The Hall–Kier alpha value is -1.88. The molecule has 0 bridgehead atoms. The van der Waals surface area contributed by atoms with E-state index in [1.54, 1.807) is 28.8 Å². The van der Waals surface area contributed by atoms with Crippen LogP contribution in [0.4, 0.5) is 5.69 Å². The molecule has 0 aromatic heterocycles. The van der Waals surface area contributed by atoms with Gasteiger partial charge in [0.15, 0.2) is 0 Å². The normalized spacial score (nSPS) is 10.5. The predicted octanol–water partition coefficient (Wildman–Crippen LogP) is 1.45. The number of rotatable bonds is 7. The number of carbonyl (C=O) groups is 2. The van der Waals surface area contributed by atoms with E-state index in [0.717, 1.165) is 5.69 Å². The quantitative estimate of drug-likeness (QED) is 0.764. The molecule has 5 heteroatoms. The Labute approximate surface area is 127 Å². The summed E-state index contributed by atoms with van der Waals surface area (Å²) in [6, 6.07) is 9.48. The number of likely N-dealkylation sites (N-methyl/N-ethyl adjacent to an activating group) is 3. The zero-order valence-corrected chi connectivity index (χ0v) is 13.4. The van der Waals surface area contributed by atoms with Gasteiger partial charge in [0, 0.05) is 25.8 Å². The molecule has 116 valence electrons. The Kier molecular flexibility index (Phi) is 6.88. The number of anilines is 1. The maximum atomic E-state index is 12.2. The SMILES string of the molecule is CCN(CC)C(=O)CN(C)CC(=O)N(C)c1ccccc1. The van der Waals surface area contributed by atoms with E-state index in [-0.39, 0.29) is 24.9 Å². The van der Waals surface area contributed by atoms with Crippen molar-refractivity contribution in [1.29, 1.82) is 0 Å². The van der Waals surface area contributed by atoms with Crippen molar-refractivity contribution >= 4 is 17.5 Å². The summed E-state index contributed by atoms with van der Waals surface area (Å²) < 4.78 is 0. The molecule has 2 amide bonds. The molecule has 1 aromatic rings. The van der Waals surface area contributed by atoms with Gasteiger partial charge in [-0.25, -0.2) is 0 Å². The van der Waals surface area contributed by atoms with Crippen molar-refractivity contribution in [3.05, 3.63) is 30.3 Å². The Bertz CT molecular complexity index is 458. The van der Waals surface area contributed by atoms with Crippen molar-refractivity contribution in [2.45, 2.75) is 13.8 Å². The monoisotopic (exact) mass is 291 g/mol. The molecule has 21 heavy (non-hydrogen) atoms. The molecule has 0 unspecified atom stereocenters. The van der Waals surface area contributed by atoms with Crippen molar-refractivity contribution in [2.24, 2.45) is 0 Å². The molecular weight excluding hydrogens is 266 g/mol. The van der Waals surface area contributed by atoms with Crippen LogP contribution in [0.15, 0.2) is 30.3 Å². The standard InChI is InChI=1S/C16H25N3O2/c1-5-19(6-2)16(21)13-17(3)12-15(20)18(4)14-10-8-7-9-11-14/h7-11H,5-6,12-13H2,1-4H3. The predicted molar refractivity (Wildman–Crippen MR) is 85.3 cm³/mol. The van der Waals surface area contributed by atoms with E-state index in [1.165, 1.54) is 0 Å². The molecule has 0 spiro atoms. The Morgan fingerprint density at radius 2 is 1.43 bits per heavy atom. The van der Waals surface area contributed by atoms with Crippen LogP contribution >= 0.6 is 0 Å². The Balaban J connectivity index is 2.52. The highest BCUT2D eigenvalue weighted by atomic mass is 16.2. The number of carbonyl (C=O) groups excluding carboxylic acids is 2. The fraction of sp³-hybridized carbons (Fsp3) is 0.500. The van der Waals surface area contributed by atoms with Crippen LogP contribution in [0.3, 0.4) is 0 Å². The van der Waals surface area contributed by atoms with Crippen LogP contribution in [0.2, 0.25) is 0 Å². The van der Waals surface area contributed by atoms with Crippen molar-refractivity contribution in [3.63, 3.8) is 0 Å². The van der Waals surface area contributed by atoms with E-state index in [9.17, 15) is 9.59 Å². The van der Waals surface area contributed by atoms with Gasteiger partial charge < -0.3 is 9.80 Å². The van der Waals surface area contributed by atoms with E-state index >= 15 is 0 Å². The summed E-state index contributed by atoms with van der Waals surface area (Å²) in [5.74, 6) is 0.0220. The number of nitrogens with zero attached hydrogens (tertiary/aromatic N) is 3. The summed E-state index contributed by atoms with van der Waals surface area (Å²) >= 11 is 0. The summed E-state index contributed by atoms with van der Waals surface area (Å²) in [6.07, 6.45) is 0. The number of benzene rings is 1. The first-order valence-corrected chi connectivity index (χ1v) is 7.27. The third-order valence-electron chi connectivity index (χ3n) is 3.44. The van der Waals surface area contributed by atoms with Crippen LogP contribution in [-0.4, -0.2) is 61.9 Å². The molecule has 0 aliphatic carbocycles. The van der Waals surface area contributed by atoms with Gasteiger partial charge in [0.1, 0.15) is 0 Å². The fourth-order valence-electron chi connectivity index (χ4n) is 2.10. The van der Waals surface area contributed by atoms with E-state index < -0.39 is 0 Å². The molecule has 0 atom stereocenters. The molecule has 1 aromatic carbocycles. The summed E-state index contributed by atoms with van der Waals surface area (Å²) in [7, 11) is 3.54. The smallest absolute Gasteiger partial charge is 0.240 e. The first kappa shape index (κ1) is 17.2. The maximum absolute atomic E-state index is 12.2. The van der Waals surface area contributed by atoms with Crippen molar-refractivity contribution in [1.82, 2.24) is 9.80 Å². The highest BCUT2D eigenvalue weighted by Crippen LogP contribution is 2.11. The Morgan fingerprint density at radius 1 is 0.905 bits per heavy atom. The molecule has 5 nitrogen and oxygen atoms in total. The largest absolute Gasteiger partial charge is 0.342 e. The minimum Gasteiger partial charge on any atom is -0.342 e. The fourth-order valence-corrected chi connectivity index (χ4v) is 2.10. The molecular formula is C16H25N3O2. The molecule has 0 aliphatic rings. The van der Waals surface area contributed by atoms with Crippen LogP contribution in [0.1, 0.15) is 13.8 Å². The zero-order valence-electron chi connectivity index (χ0n) is 13.4. The summed E-state index contributed by atoms with van der Waals surface area (Å²) in [4.78, 5) is 29.3. The molecule has 0 N–H and O–H groups in total. The Morgan fingerprint density at radius 3 is 1.95 bits per heavy atom. The van der Waals surface area contributed by atoms with Gasteiger partial charge in [-0.05, 0) is 33.0 Å². The molecule has 0 heterocycles. The van der Waals surface area contributed by atoms with E-state index in [2.05, 4.69) is 0 Å². The van der Waals surface area contributed by atoms with Gasteiger partial charge in [-0.3, -0.25) is 14.5 Å². The number of hydrogen-bond acceptors (Lipinski definition) is 3. The lowest BCUT2D eigenvalue weighted by Crippen LogP contribution is -2.43. The van der Waals surface area contributed by atoms with Gasteiger partial charge in [-0.15, -0.1) is 0 Å². The summed E-state index contributed by atoms with van der Waals surface area (Å²) in [6.45, 7) is 5.78. The second-order valence-corrected chi connectivity index (χ2v) is 5.03. The molecule has 0 radical (unpaired) electrons. The molecule has 0 aliphatic heterocycles. The van der Waals surface area contributed by atoms with Gasteiger partial charge in [-0.1, -0.05) is 18.2 Å². The summed E-state index contributed by atoms with van der Waals surface area (Å²) in [5, 5.41) is 0. The summed E-state index contributed by atoms with van der Waals surface area (Å²) in [5.41, 5.74) is 0.853. The lowest BCUT2D eigenvalue weighted by molar-refractivity contribution is -0.132. The molecule has 0 saturated carbocycles. The average Bonchev–Trinajstić information content (AvgIpc) is 2.48. The molecule has 1 rings (SSSR count). The zero-order chi connectivity index (χ0) is 15.8. The van der Waals surface area contributed by atoms with Crippen LogP contribution < -0.4 is 4.90 Å². The lowest BCUT2D eigenvalue weighted by Gasteiger charge is -2.24. The minimum atomic E-state index is -0.0314.